The molecule has 17 heavy (non-hydrogen) atoms. The van der Waals surface area contributed by atoms with E-state index in [1.165, 1.54) is 6.92 Å². The highest BCUT2D eigenvalue weighted by Crippen LogP contribution is 2.20. The summed E-state index contributed by atoms with van der Waals surface area (Å²) in [5.41, 5.74) is 0.558. The van der Waals surface area contributed by atoms with Crippen LogP contribution in [0.1, 0.15) is 17.3 Å². The van der Waals surface area contributed by atoms with Crippen molar-refractivity contribution in [2.24, 2.45) is 0 Å². The fraction of sp³-hybridized carbons (Fsp3) is 0.214. The molecule has 0 saturated heterocycles. The molecule has 0 aliphatic rings. The molecular weight excluding hydrogens is 231 g/mol. The molecule has 0 amide bonds. The first kappa shape index (κ1) is 12.0. The van der Waals surface area contributed by atoms with Gasteiger partial charge in [0.05, 0.1) is 0 Å². The molecule has 1 nitrogen and oxygen atoms in total. The molecule has 2 aromatic carbocycles. The Kier molecular flexibility index (Phi) is 2.87. The normalized spacial score (nSPS) is 11.8. The summed E-state index contributed by atoms with van der Waals surface area (Å²) in [6.45, 7) is 4.73. The Morgan fingerprint density at radius 2 is 1.76 bits per heavy atom. The molecule has 2 aromatic rings. The molecule has 0 fully saturated rings. The van der Waals surface area contributed by atoms with Crippen LogP contribution in [0.4, 0.5) is 4.11 Å². The first-order chi connectivity index (χ1) is 7.91. The van der Waals surface area contributed by atoms with Gasteiger partial charge in [-0.3, -0.25) is 4.79 Å². The van der Waals surface area contributed by atoms with Crippen molar-refractivity contribution >= 4 is 30.2 Å². The van der Waals surface area contributed by atoms with Gasteiger partial charge in [-0.15, -0.1) is 0 Å². The van der Waals surface area contributed by atoms with Gasteiger partial charge in [-0.1, -0.05) is 36.4 Å². The van der Waals surface area contributed by atoms with Gasteiger partial charge in [0.1, 0.15) is 0 Å². The molecule has 0 atom stereocenters. The van der Waals surface area contributed by atoms with Gasteiger partial charge in [-0.25, -0.2) is 0 Å². The van der Waals surface area contributed by atoms with Gasteiger partial charge in [0.25, 0.3) is 8.41 Å². The molecule has 0 saturated carbocycles. The maximum atomic E-state index is 14.3. The summed E-state index contributed by atoms with van der Waals surface area (Å²) in [4.78, 5) is 11.8. The maximum Gasteiger partial charge on any atom is 0.272 e. The minimum atomic E-state index is -2.98. The summed E-state index contributed by atoms with van der Waals surface area (Å²) < 4.78 is 14.3. The van der Waals surface area contributed by atoms with E-state index < -0.39 is 8.41 Å². The van der Waals surface area contributed by atoms with Crippen LogP contribution in [0.5, 0.6) is 0 Å². The van der Waals surface area contributed by atoms with Crippen LogP contribution in [-0.2, 0) is 0 Å². The van der Waals surface area contributed by atoms with Gasteiger partial charge in [-0.05, 0) is 36.0 Å². The van der Waals surface area contributed by atoms with Crippen molar-refractivity contribution in [3.8, 4) is 0 Å². The van der Waals surface area contributed by atoms with Crippen LogP contribution in [0, 0.1) is 0 Å². The smallest absolute Gasteiger partial charge is 0.272 e. The molecular formula is C14H15FOSi. The average Bonchev–Trinajstić information content (AvgIpc) is 2.26. The van der Waals surface area contributed by atoms with Gasteiger partial charge >= 0.3 is 0 Å². The van der Waals surface area contributed by atoms with E-state index in [9.17, 15) is 8.90 Å². The lowest BCUT2D eigenvalue weighted by molar-refractivity contribution is 0.102. The number of fused-ring (bicyclic) bond motifs is 1. The van der Waals surface area contributed by atoms with Gasteiger partial charge in [0.15, 0.2) is 5.78 Å². The zero-order valence-electron chi connectivity index (χ0n) is 10.3. The number of halogens is 1. The second kappa shape index (κ2) is 4.07. The first-order valence-electron chi connectivity index (χ1n) is 5.63. The van der Waals surface area contributed by atoms with Crippen molar-refractivity contribution in [3.05, 3.63) is 42.0 Å². The third kappa shape index (κ3) is 2.15. The van der Waals surface area contributed by atoms with Gasteiger partial charge in [0.2, 0.25) is 0 Å². The molecule has 0 bridgehead atoms. The predicted octanol–water partition coefficient (Wildman–Crippen LogP) is 3.42. The van der Waals surface area contributed by atoms with E-state index in [2.05, 4.69) is 0 Å². The fourth-order valence-corrected chi connectivity index (χ4v) is 3.53. The highest BCUT2D eigenvalue weighted by Gasteiger charge is 2.28. The third-order valence-electron chi connectivity index (χ3n) is 2.92. The highest BCUT2D eigenvalue weighted by molar-refractivity contribution is 6.85. The third-order valence-corrected chi connectivity index (χ3v) is 4.62. The maximum absolute atomic E-state index is 14.3. The number of rotatable bonds is 2. The Morgan fingerprint density at radius 3 is 2.35 bits per heavy atom. The van der Waals surface area contributed by atoms with Crippen molar-refractivity contribution < 1.29 is 8.90 Å². The summed E-state index contributed by atoms with van der Waals surface area (Å²) in [6.07, 6.45) is 0. The van der Waals surface area contributed by atoms with E-state index in [1.54, 1.807) is 19.2 Å². The van der Waals surface area contributed by atoms with E-state index in [4.69, 9.17) is 0 Å². The summed E-state index contributed by atoms with van der Waals surface area (Å²) in [6, 6.07) is 11.3. The molecule has 0 aliphatic heterocycles. The monoisotopic (exact) mass is 246 g/mol. The van der Waals surface area contributed by atoms with Crippen LogP contribution in [-0.4, -0.2) is 14.2 Å². The number of benzene rings is 2. The molecule has 2 rings (SSSR count). The largest absolute Gasteiger partial charge is 0.308 e. The lowest BCUT2D eigenvalue weighted by atomic mass is 10.0. The number of Topliss-reactive ketones (excluding diaryl/α,β-unsaturated/α-hetero) is 1. The number of hydrogen-bond donors (Lipinski definition) is 0. The topological polar surface area (TPSA) is 17.1 Å². The van der Waals surface area contributed by atoms with Gasteiger partial charge < -0.3 is 4.11 Å². The Balaban J connectivity index is 2.87. The lowest BCUT2D eigenvalue weighted by Crippen LogP contribution is -2.40. The fourth-order valence-electron chi connectivity index (χ4n) is 2.15. The Bertz CT molecular complexity index is 584. The number of hydrogen-bond acceptors (Lipinski definition) is 1. The molecule has 0 aliphatic carbocycles. The molecule has 0 heterocycles. The standard InChI is InChI=1S/C14H15FOSi/c1-10(16)14-12-7-5-4-6-11(12)8-9-13(14)17(2,3)15/h4-9H,1-3H3. The van der Waals surface area contributed by atoms with Gasteiger partial charge in [-0.2, -0.15) is 0 Å². The van der Waals surface area contributed by atoms with Crippen LogP contribution < -0.4 is 5.19 Å². The zero-order valence-corrected chi connectivity index (χ0v) is 11.3. The second-order valence-corrected chi connectivity index (χ2v) is 8.22. The van der Waals surface area contributed by atoms with E-state index in [1.807, 2.05) is 30.3 Å². The van der Waals surface area contributed by atoms with E-state index in [0.717, 1.165) is 10.8 Å². The highest BCUT2D eigenvalue weighted by atomic mass is 28.4. The van der Waals surface area contributed by atoms with Gasteiger partial charge in [0, 0.05) is 5.56 Å². The Hall–Kier alpha value is -1.48. The first-order valence-corrected chi connectivity index (χ1v) is 8.51. The molecule has 0 spiro atoms. The van der Waals surface area contributed by atoms with E-state index in [-0.39, 0.29) is 5.78 Å². The minimum absolute atomic E-state index is 0.0602. The SMILES string of the molecule is CC(=O)c1c([Si](C)(C)F)ccc2ccccc12. The van der Waals surface area contributed by atoms with E-state index in [0.29, 0.717) is 10.8 Å². The Labute approximate surface area is 101 Å². The molecule has 0 unspecified atom stereocenters. The summed E-state index contributed by atoms with van der Waals surface area (Å²) in [7, 11) is -2.98. The van der Waals surface area contributed by atoms with Crippen molar-refractivity contribution in [3.63, 3.8) is 0 Å². The van der Waals surface area contributed by atoms with Crippen LogP contribution in [0.3, 0.4) is 0 Å². The molecule has 0 radical (unpaired) electrons. The minimum Gasteiger partial charge on any atom is -0.308 e. The number of carbonyl (C=O) groups is 1. The number of ketones is 1. The molecule has 88 valence electrons. The van der Waals surface area contributed by atoms with Crippen molar-refractivity contribution in [1.29, 1.82) is 0 Å². The van der Waals surface area contributed by atoms with Crippen LogP contribution in [0.2, 0.25) is 13.1 Å². The van der Waals surface area contributed by atoms with Crippen molar-refractivity contribution in [1.82, 2.24) is 0 Å². The van der Waals surface area contributed by atoms with Crippen molar-refractivity contribution in [2.75, 3.05) is 0 Å². The number of carbonyl (C=O) groups excluding carboxylic acids is 1. The predicted molar refractivity (Wildman–Crippen MR) is 72.2 cm³/mol. The lowest BCUT2D eigenvalue weighted by Gasteiger charge is -2.17. The molecule has 0 N–H and O–H groups in total. The summed E-state index contributed by atoms with van der Waals surface area (Å²) in [5, 5.41) is 2.44. The summed E-state index contributed by atoms with van der Waals surface area (Å²) in [5.74, 6) is -0.0602. The van der Waals surface area contributed by atoms with Crippen LogP contribution in [0.15, 0.2) is 36.4 Å². The molecule has 3 heteroatoms. The Morgan fingerprint density at radius 1 is 1.12 bits per heavy atom. The second-order valence-electron chi connectivity index (χ2n) is 4.74. The summed E-state index contributed by atoms with van der Waals surface area (Å²) >= 11 is 0. The zero-order chi connectivity index (χ0) is 12.6. The van der Waals surface area contributed by atoms with Crippen LogP contribution >= 0.6 is 0 Å². The quantitative estimate of drug-likeness (QED) is 0.451. The van der Waals surface area contributed by atoms with Crippen molar-refractivity contribution in [2.45, 2.75) is 20.0 Å². The average molecular weight is 246 g/mol. The van der Waals surface area contributed by atoms with Crippen LogP contribution in [0.25, 0.3) is 10.8 Å². The van der Waals surface area contributed by atoms with E-state index >= 15 is 0 Å². The molecule has 0 aromatic heterocycles.